The molecule has 0 unspecified atom stereocenters. The van der Waals surface area contributed by atoms with Crippen LogP contribution in [0, 0.1) is 5.41 Å². The van der Waals surface area contributed by atoms with E-state index < -0.39 is 9.84 Å². The van der Waals surface area contributed by atoms with Gasteiger partial charge in [-0.05, 0) is 34.9 Å². The monoisotopic (exact) mass is 252 g/mol. The van der Waals surface area contributed by atoms with Gasteiger partial charge < -0.3 is 0 Å². The highest BCUT2D eigenvalue weighted by Gasteiger charge is 2.21. The molecule has 0 saturated heterocycles. The maximum atomic E-state index is 11.5. The summed E-state index contributed by atoms with van der Waals surface area (Å²) in [6.07, 6.45) is 1.71. The largest absolute Gasteiger partial charge is 0.228 e. The summed E-state index contributed by atoms with van der Waals surface area (Å²) >= 11 is 0. The summed E-state index contributed by atoms with van der Waals surface area (Å²) in [5.74, 6) is 0.525. The van der Waals surface area contributed by atoms with E-state index in [1.54, 1.807) is 0 Å². The molecule has 0 amide bonds. The summed E-state index contributed by atoms with van der Waals surface area (Å²) in [6, 6.07) is 6.26. The van der Waals surface area contributed by atoms with Crippen molar-refractivity contribution in [2.75, 3.05) is 5.75 Å². The summed E-state index contributed by atoms with van der Waals surface area (Å²) in [4.78, 5) is 0. The van der Waals surface area contributed by atoms with E-state index in [0.717, 1.165) is 12.0 Å². The average Bonchev–Trinajstić information content (AvgIpc) is 2.15. The number of benzene rings is 1. The summed E-state index contributed by atoms with van der Waals surface area (Å²) in [7, 11) is -2.84. The second-order valence-corrected chi connectivity index (χ2v) is 8.37. The van der Waals surface area contributed by atoms with Gasteiger partial charge in [0.15, 0.2) is 9.84 Å². The van der Waals surface area contributed by atoms with Crippen molar-refractivity contribution in [3.8, 4) is 0 Å². The fraction of sp³-hybridized carbons (Fsp3) is 0.571. The van der Waals surface area contributed by atoms with Gasteiger partial charge in [0.2, 0.25) is 0 Å². The van der Waals surface area contributed by atoms with Crippen LogP contribution in [0.15, 0.2) is 18.2 Å². The Morgan fingerprint density at radius 3 is 2.53 bits per heavy atom. The fourth-order valence-corrected chi connectivity index (χ4v) is 3.78. The number of rotatable bonds is 1. The molecule has 1 aliphatic heterocycles. The molecule has 0 bridgehead atoms. The van der Waals surface area contributed by atoms with E-state index in [1.807, 2.05) is 6.07 Å². The molecule has 0 radical (unpaired) electrons. The van der Waals surface area contributed by atoms with Gasteiger partial charge in [0.05, 0.1) is 11.5 Å². The molecule has 3 heteroatoms. The van der Waals surface area contributed by atoms with Crippen molar-refractivity contribution in [3.63, 3.8) is 0 Å². The lowest BCUT2D eigenvalue weighted by Crippen LogP contribution is -2.19. The zero-order chi connectivity index (χ0) is 12.7. The van der Waals surface area contributed by atoms with E-state index in [1.165, 1.54) is 11.1 Å². The van der Waals surface area contributed by atoms with Crippen LogP contribution in [0.2, 0.25) is 0 Å². The van der Waals surface area contributed by atoms with Crippen LogP contribution in [0.3, 0.4) is 0 Å². The smallest absolute Gasteiger partial charge is 0.154 e. The van der Waals surface area contributed by atoms with Crippen molar-refractivity contribution >= 4 is 9.84 Å². The summed E-state index contributed by atoms with van der Waals surface area (Å²) in [6.45, 7) is 6.66. The minimum absolute atomic E-state index is 0.220. The van der Waals surface area contributed by atoms with Gasteiger partial charge in [0.25, 0.3) is 0 Å². The maximum Gasteiger partial charge on any atom is 0.154 e. The van der Waals surface area contributed by atoms with Crippen LogP contribution in [0.5, 0.6) is 0 Å². The first-order chi connectivity index (χ1) is 7.75. The molecule has 1 aromatic carbocycles. The van der Waals surface area contributed by atoms with Gasteiger partial charge in [-0.25, -0.2) is 8.42 Å². The lowest BCUT2D eigenvalue weighted by atomic mass is 9.87. The minimum Gasteiger partial charge on any atom is -0.228 e. The van der Waals surface area contributed by atoms with E-state index >= 15 is 0 Å². The predicted molar refractivity (Wildman–Crippen MR) is 70.8 cm³/mol. The second-order valence-electron chi connectivity index (χ2n) is 6.18. The Morgan fingerprint density at radius 2 is 1.88 bits per heavy atom. The Bertz CT molecular complexity index is 522. The minimum atomic E-state index is -2.84. The Hall–Kier alpha value is -0.830. The molecule has 1 heterocycles. The van der Waals surface area contributed by atoms with Gasteiger partial charge in [-0.15, -0.1) is 0 Å². The van der Waals surface area contributed by atoms with Crippen molar-refractivity contribution in [3.05, 3.63) is 34.9 Å². The maximum absolute atomic E-state index is 11.5. The summed E-state index contributed by atoms with van der Waals surface area (Å²) < 4.78 is 23.1. The van der Waals surface area contributed by atoms with Gasteiger partial charge in [-0.1, -0.05) is 39.0 Å². The van der Waals surface area contributed by atoms with Gasteiger partial charge in [-0.2, -0.15) is 0 Å². The molecule has 0 spiro atoms. The van der Waals surface area contributed by atoms with Crippen molar-refractivity contribution in [1.29, 1.82) is 0 Å². The van der Waals surface area contributed by atoms with E-state index in [-0.39, 0.29) is 11.2 Å². The van der Waals surface area contributed by atoms with E-state index in [0.29, 0.717) is 12.2 Å². The zero-order valence-electron chi connectivity index (χ0n) is 10.8. The van der Waals surface area contributed by atoms with Crippen molar-refractivity contribution in [1.82, 2.24) is 0 Å². The third kappa shape index (κ3) is 3.32. The molecule has 17 heavy (non-hydrogen) atoms. The summed E-state index contributed by atoms with van der Waals surface area (Å²) in [5.41, 5.74) is 3.81. The molecule has 94 valence electrons. The van der Waals surface area contributed by atoms with E-state index in [4.69, 9.17) is 0 Å². The van der Waals surface area contributed by atoms with Gasteiger partial charge in [-0.3, -0.25) is 0 Å². The third-order valence-corrected chi connectivity index (χ3v) is 4.64. The molecule has 0 fully saturated rings. The van der Waals surface area contributed by atoms with Crippen LogP contribution in [0.1, 0.15) is 37.5 Å². The lowest BCUT2D eigenvalue weighted by Gasteiger charge is -2.21. The fourth-order valence-electron chi connectivity index (χ4n) is 2.35. The normalized spacial score (nSPS) is 18.8. The first kappa shape index (κ1) is 12.6. The lowest BCUT2D eigenvalue weighted by molar-refractivity contribution is 0.411. The molecule has 1 aromatic rings. The standard InChI is InChI=1S/C14H20O2S/c1-14(2,3)9-11-4-5-13-10-17(15,16)7-6-12(13)8-11/h4-5,8H,6-7,9-10H2,1-3H3. The van der Waals surface area contributed by atoms with Crippen molar-refractivity contribution in [2.24, 2.45) is 5.41 Å². The molecule has 2 nitrogen and oxygen atoms in total. The number of hydrogen-bond acceptors (Lipinski definition) is 2. The quantitative estimate of drug-likeness (QED) is 0.770. The van der Waals surface area contributed by atoms with Crippen LogP contribution in [0.4, 0.5) is 0 Å². The average molecular weight is 252 g/mol. The Morgan fingerprint density at radius 1 is 1.18 bits per heavy atom. The second kappa shape index (κ2) is 4.13. The number of aryl methyl sites for hydroxylation is 1. The molecular weight excluding hydrogens is 232 g/mol. The van der Waals surface area contributed by atoms with Gasteiger partial charge >= 0.3 is 0 Å². The molecule has 0 aromatic heterocycles. The van der Waals surface area contributed by atoms with Gasteiger partial charge in [0, 0.05) is 0 Å². The Labute approximate surface area is 104 Å². The number of fused-ring (bicyclic) bond motifs is 1. The Balaban J connectivity index is 2.28. The molecule has 0 aliphatic carbocycles. The topological polar surface area (TPSA) is 34.1 Å². The SMILES string of the molecule is CC(C)(C)Cc1ccc2c(c1)CCS(=O)(=O)C2. The molecule has 0 atom stereocenters. The van der Waals surface area contributed by atoms with Crippen molar-refractivity contribution < 1.29 is 8.42 Å². The number of sulfone groups is 1. The highest BCUT2D eigenvalue weighted by molar-refractivity contribution is 7.90. The third-order valence-electron chi connectivity index (χ3n) is 3.06. The van der Waals surface area contributed by atoms with Crippen LogP contribution in [-0.2, 0) is 28.4 Å². The predicted octanol–water partition coefficient (Wildman–Crippen LogP) is 2.75. The molecule has 2 rings (SSSR count). The first-order valence-electron chi connectivity index (χ1n) is 6.06. The Kier molecular flexibility index (Phi) is 3.06. The molecular formula is C14H20O2S. The zero-order valence-corrected chi connectivity index (χ0v) is 11.6. The van der Waals surface area contributed by atoms with E-state index in [9.17, 15) is 8.42 Å². The van der Waals surface area contributed by atoms with Crippen LogP contribution >= 0.6 is 0 Å². The highest BCUT2D eigenvalue weighted by atomic mass is 32.2. The van der Waals surface area contributed by atoms with Crippen LogP contribution in [0.25, 0.3) is 0 Å². The van der Waals surface area contributed by atoms with E-state index in [2.05, 4.69) is 32.9 Å². The van der Waals surface area contributed by atoms with Crippen LogP contribution < -0.4 is 0 Å². The highest BCUT2D eigenvalue weighted by Crippen LogP contribution is 2.26. The molecule has 0 saturated carbocycles. The number of hydrogen-bond donors (Lipinski definition) is 0. The first-order valence-corrected chi connectivity index (χ1v) is 7.88. The van der Waals surface area contributed by atoms with Gasteiger partial charge in [0.1, 0.15) is 0 Å². The molecule has 0 N–H and O–H groups in total. The van der Waals surface area contributed by atoms with Crippen molar-refractivity contribution in [2.45, 2.75) is 39.4 Å². The molecule has 1 aliphatic rings. The van der Waals surface area contributed by atoms with Crippen LogP contribution in [-0.4, -0.2) is 14.2 Å². The summed E-state index contributed by atoms with van der Waals surface area (Å²) in [5, 5.41) is 0.